The Labute approximate surface area is 123 Å². The summed E-state index contributed by atoms with van der Waals surface area (Å²) in [7, 11) is 1.45. The van der Waals surface area contributed by atoms with E-state index in [4.69, 9.17) is 4.74 Å². The number of ether oxygens (including phenoxy) is 1. The van der Waals surface area contributed by atoms with E-state index in [2.05, 4.69) is 45.2 Å². The molecule has 0 bridgehead atoms. The molecular weight excluding hydrogens is 430 g/mol. The summed E-state index contributed by atoms with van der Waals surface area (Å²) < 4.78 is 5.09. The molecule has 0 saturated heterocycles. The summed E-state index contributed by atoms with van der Waals surface area (Å²) in [5, 5.41) is 0. The second-order valence-corrected chi connectivity index (χ2v) is 8.75. The Kier molecular flexibility index (Phi) is 5.49. The molecule has 1 aromatic carbocycles. The number of hydrogen-bond donors (Lipinski definition) is 0. The third-order valence-corrected chi connectivity index (χ3v) is 5.30. The van der Waals surface area contributed by atoms with Crippen molar-refractivity contribution in [2.45, 2.75) is 15.3 Å². The van der Waals surface area contributed by atoms with Gasteiger partial charge in [-0.3, -0.25) is 4.79 Å². The van der Waals surface area contributed by atoms with Gasteiger partial charge in [-0.1, -0.05) is 75.5 Å². The molecule has 4 heteroatoms. The van der Waals surface area contributed by atoms with Crippen LogP contribution >= 0.6 is 45.2 Å². The van der Waals surface area contributed by atoms with Crippen LogP contribution in [0.25, 0.3) is 0 Å². The summed E-state index contributed by atoms with van der Waals surface area (Å²) in [6.07, 6.45) is 0.705. The molecule has 0 aliphatic carbocycles. The molecule has 1 rings (SSSR count). The molecule has 0 fully saturated rings. The zero-order valence-corrected chi connectivity index (χ0v) is 13.6. The van der Waals surface area contributed by atoms with Crippen LogP contribution in [0.1, 0.15) is 12.5 Å². The monoisotopic (exact) mass is 444 g/mol. The van der Waals surface area contributed by atoms with Crippen molar-refractivity contribution in [2.24, 2.45) is 5.41 Å². The molecule has 1 aromatic rings. The highest BCUT2D eigenvalue weighted by molar-refractivity contribution is 14.2. The van der Waals surface area contributed by atoms with E-state index in [9.17, 15) is 4.79 Å². The molecule has 0 aliphatic heterocycles. The zero-order valence-electron chi connectivity index (χ0n) is 9.24. The maximum Gasteiger partial charge on any atom is 0.313 e. The van der Waals surface area contributed by atoms with Gasteiger partial charge in [0.1, 0.15) is 0 Å². The first-order valence-corrected chi connectivity index (χ1v) is 7.40. The van der Waals surface area contributed by atoms with Crippen LogP contribution in [-0.2, 0) is 16.0 Å². The molecule has 1 atom stereocenters. The third kappa shape index (κ3) is 3.32. The molecule has 16 heavy (non-hydrogen) atoms. The van der Waals surface area contributed by atoms with E-state index in [0.717, 1.165) is 5.56 Å². The summed E-state index contributed by atoms with van der Waals surface area (Å²) >= 11 is 4.54. The lowest BCUT2D eigenvalue weighted by Crippen LogP contribution is -2.36. The fraction of sp³-hybridized carbons (Fsp3) is 0.417. The van der Waals surface area contributed by atoms with E-state index < -0.39 is 5.41 Å². The Morgan fingerprint density at radius 2 is 1.94 bits per heavy atom. The number of hydrogen-bond acceptors (Lipinski definition) is 2. The fourth-order valence-corrected chi connectivity index (χ4v) is 2.44. The normalized spacial score (nSPS) is 14.6. The van der Waals surface area contributed by atoms with Gasteiger partial charge in [0.15, 0.2) is 0 Å². The van der Waals surface area contributed by atoms with Crippen LogP contribution in [0.4, 0.5) is 0 Å². The second kappa shape index (κ2) is 6.18. The van der Waals surface area contributed by atoms with Crippen LogP contribution in [0.3, 0.4) is 0 Å². The smallest absolute Gasteiger partial charge is 0.313 e. The highest BCUT2D eigenvalue weighted by atomic mass is 127. The number of esters is 1. The largest absolute Gasteiger partial charge is 0.469 e. The molecule has 0 spiro atoms. The van der Waals surface area contributed by atoms with Crippen molar-refractivity contribution in [3.63, 3.8) is 0 Å². The topological polar surface area (TPSA) is 26.3 Å². The Hall–Kier alpha value is 0.150. The summed E-state index contributed by atoms with van der Waals surface area (Å²) in [6.45, 7) is 1.95. The molecule has 2 nitrogen and oxygen atoms in total. The highest BCUT2D eigenvalue weighted by Crippen LogP contribution is 2.37. The van der Waals surface area contributed by atoms with E-state index in [1.165, 1.54) is 7.11 Å². The molecule has 0 N–H and O–H groups in total. The number of benzene rings is 1. The average molecular weight is 444 g/mol. The number of carbonyl (C=O) groups is 1. The lowest BCUT2D eigenvalue weighted by Gasteiger charge is -2.28. The predicted molar refractivity (Wildman–Crippen MR) is 82.1 cm³/mol. The number of rotatable bonds is 4. The van der Waals surface area contributed by atoms with Gasteiger partial charge in [0.25, 0.3) is 0 Å². The van der Waals surface area contributed by atoms with Gasteiger partial charge in [0.05, 0.1) is 14.5 Å². The van der Waals surface area contributed by atoms with Crippen molar-refractivity contribution in [3.8, 4) is 0 Å². The van der Waals surface area contributed by atoms with Crippen molar-refractivity contribution in [1.29, 1.82) is 0 Å². The lowest BCUT2D eigenvalue weighted by molar-refractivity contribution is -0.150. The van der Waals surface area contributed by atoms with Gasteiger partial charge in [0.2, 0.25) is 0 Å². The van der Waals surface area contributed by atoms with E-state index in [1.807, 2.05) is 37.3 Å². The minimum absolute atomic E-state index is 0.148. The predicted octanol–water partition coefficient (Wildman–Crippen LogP) is 3.60. The molecule has 0 aliphatic rings. The Morgan fingerprint density at radius 3 is 2.38 bits per heavy atom. The standard InChI is InChI=1S/C12H14I2O2/c1-12(10(13)14,11(15)16-2)8-9-6-4-3-5-7-9/h3-7,10H,8H2,1-2H3. The first-order chi connectivity index (χ1) is 7.50. The molecule has 0 radical (unpaired) electrons. The van der Waals surface area contributed by atoms with Crippen molar-refractivity contribution in [3.05, 3.63) is 35.9 Å². The first-order valence-electron chi connectivity index (χ1n) is 4.91. The quantitative estimate of drug-likeness (QED) is 0.403. The van der Waals surface area contributed by atoms with E-state index in [0.29, 0.717) is 6.42 Å². The molecule has 1 unspecified atom stereocenters. The van der Waals surface area contributed by atoms with Crippen LogP contribution in [0.2, 0.25) is 0 Å². The Bertz CT molecular complexity index is 351. The van der Waals surface area contributed by atoms with E-state index >= 15 is 0 Å². The maximum absolute atomic E-state index is 11.8. The minimum Gasteiger partial charge on any atom is -0.469 e. The average Bonchev–Trinajstić information content (AvgIpc) is 2.28. The van der Waals surface area contributed by atoms with Crippen molar-refractivity contribution in [1.82, 2.24) is 0 Å². The zero-order chi connectivity index (χ0) is 12.2. The summed E-state index contributed by atoms with van der Waals surface area (Å²) in [5.74, 6) is -0.148. The number of halogens is 2. The third-order valence-electron chi connectivity index (χ3n) is 2.55. The minimum atomic E-state index is -0.475. The molecule has 0 aromatic heterocycles. The first kappa shape index (κ1) is 14.2. The van der Waals surface area contributed by atoms with Crippen molar-refractivity contribution < 1.29 is 9.53 Å². The number of carbonyl (C=O) groups excluding carboxylic acids is 1. The Morgan fingerprint density at radius 1 is 1.38 bits per heavy atom. The highest BCUT2D eigenvalue weighted by Gasteiger charge is 2.40. The van der Waals surface area contributed by atoms with Crippen LogP contribution < -0.4 is 0 Å². The van der Waals surface area contributed by atoms with Gasteiger partial charge in [-0.2, -0.15) is 0 Å². The molecule has 0 amide bonds. The van der Waals surface area contributed by atoms with Gasteiger partial charge >= 0.3 is 5.97 Å². The number of methoxy groups -OCH3 is 1. The summed E-state index contributed by atoms with van der Waals surface area (Å²) in [6, 6.07) is 10.0. The summed E-state index contributed by atoms with van der Waals surface area (Å²) in [4.78, 5) is 11.8. The van der Waals surface area contributed by atoms with Crippen molar-refractivity contribution in [2.75, 3.05) is 7.11 Å². The van der Waals surface area contributed by atoms with Crippen LogP contribution in [0.5, 0.6) is 0 Å². The van der Waals surface area contributed by atoms with Crippen molar-refractivity contribution >= 4 is 51.2 Å². The van der Waals surface area contributed by atoms with E-state index in [-0.39, 0.29) is 7.90 Å². The van der Waals surface area contributed by atoms with Gasteiger partial charge in [-0.25, -0.2) is 0 Å². The van der Waals surface area contributed by atoms with Gasteiger partial charge < -0.3 is 4.74 Å². The SMILES string of the molecule is COC(=O)C(C)(Cc1ccccc1)C(I)I. The lowest BCUT2D eigenvalue weighted by atomic mass is 9.86. The number of alkyl halides is 2. The summed E-state index contributed by atoms with van der Waals surface area (Å²) in [5.41, 5.74) is 0.686. The van der Waals surface area contributed by atoms with Crippen LogP contribution in [-0.4, -0.2) is 15.0 Å². The maximum atomic E-state index is 11.8. The Balaban J connectivity index is 2.92. The van der Waals surface area contributed by atoms with E-state index in [1.54, 1.807) is 0 Å². The molecule has 88 valence electrons. The van der Waals surface area contributed by atoms with Crippen LogP contribution in [0, 0.1) is 5.41 Å². The van der Waals surface area contributed by atoms with Gasteiger partial charge in [-0.15, -0.1) is 0 Å². The van der Waals surface area contributed by atoms with Gasteiger partial charge in [0, 0.05) is 0 Å². The van der Waals surface area contributed by atoms with Gasteiger partial charge in [-0.05, 0) is 18.9 Å². The molecular formula is C12H14I2O2. The molecule has 0 heterocycles. The van der Waals surface area contributed by atoms with Crippen LogP contribution in [0.15, 0.2) is 30.3 Å². The second-order valence-electron chi connectivity index (χ2n) is 3.87. The molecule has 0 saturated carbocycles. The fourth-order valence-electron chi connectivity index (χ4n) is 1.49.